The van der Waals surface area contributed by atoms with Gasteiger partial charge in [0.05, 0.1) is 19.3 Å². The Morgan fingerprint density at radius 3 is 3.00 bits per heavy atom. The number of carboxylic acids is 1. The summed E-state index contributed by atoms with van der Waals surface area (Å²) in [5, 5.41) is 8.68. The molecule has 0 saturated carbocycles. The van der Waals surface area contributed by atoms with Gasteiger partial charge < -0.3 is 20.3 Å². The molecule has 0 aliphatic carbocycles. The van der Waals surface area contributed by atoms with Crippen molar-refractivity contribution >= 4 is 5.97 Å². The van der Waals surface area contributed by atoms with Crippen LogP contribution in [0.4, 0.5) is 0 Å². The van der Waals surface area contributed by atoms with Gasteiger partial charge in [-0.2, -0.15) is 0 Å². The van der Waals surface area contributed by atoms with Crippen LogP contribution in [-0.2, 0) is 14.3 Å². The molecule has 1 heterocycles. The van der Waals surface area contributed by atoms with E-state index in [1.807, 2.05) is 0 Å². The van der Waals surface area contributed by atoms with Crippen molar-refractivity contribution in [3.63, 3.8) is 0 Å². The molecule has 0 amide bonds. The predicted octanol–water partition coefficient (Wildman–Crippen LogP) is -0.406. The van der Waals surface area contributed by atoms with Gasteiger partial charge in [0.15, 0.2) is 0 Å². The number of nitrogens with two attached hydrogens (primary N) is 1. The maximum absolute atomic E-state index is 10.6. The summed E-state index contributed by atoms with van der Waals surface area (Å²) in [6.45, 7) is 2.68. The quantitative estimate of drug-likeness (QED) is 0.628. The zero-order valence-electron chi connectivity index (χ0n) is 7.66. The van der Waals surface area contributed by atoms with Crippen LogP contribution in [0.2, 0.25) is 0 Å². The Morgan fingerprint density at radius 1 is 1.85 bits per heavy atom. The summed E-state index contributed by atoms with van der Waals surface area (Å²) in [6, 6.07) is 0. The van der Waals surface area contributed by atoms with Gasteiger partial charge in [0.2, 0.25) is 0 Å². The van der Waals surface area contributed by atoms with Crippen LogP contribution < -0.4 is 5.73 Å². The second-order valence-corrected chi connectivity index (χ2v) is 3.52. The first-order valence-corrected chi connectivity index (χ1v) is 4.24. The first kappa shape index (κ1) is 10.4. The smallest absolute Gasteiger partial charge is 0.325 e. The van der Waals surface area contributed by atoms with E-state index in [9.17, 15) is 4.79 Å². The number of hydrogen-bond donors (Lipinski definition) is 2. The standard InChI is InChI=1S/C8H15NO4/c1-8(9,7(10)11)5-13-6-2-3-12-4-6/h6H,2-5,9H2,1H3,(H,10,11). The van der Waals surface area contributed by atoms with Gasteiger partial charge in [0.1, 0.15) is 5.54 Å². The molecular formula is C8H15NO4. The lowest BCUT2D eigenvalue weighted by Gasteiger charge is -2.21. The average Bonchev–Trinajstić information content (AvgIpc) is 2.52. The number of hydrogen-bond acceptors (Lipinski definition) is 4. The summed E-state index contributed by atoms with van der Waals surface area (Å²) in [6.07, 6.45) is 0.817. The Bertz CT molecular complexity index is 187. The summed E-state index contributed by atoms with van der Waals surface area (Å²) in [7, 11) is 0. The van der Waals surface area contributed by atoms with Gasteiger partial charge in [-0.3, -0.25) is 4.79 Å². The largest absolute Gasteiger partial charge is 0.480 e. The number of aliphatic carboxylic acids is 1. The topological polar surface area (TPSA) is 81.8 Å². The molecule has 2 unspecified atom stereocenters. The summed E-state index contributed by atoms with van der Waals surface area (Å²) in [5.41, 5.74) is 4.17. The third-order valence-electron chi connectivity index (χ3n) is 2.00. The lowest BCUT2D eigenvalue weighted by molar-refractivity contribution is -0.145. The zero-order valence-corrected chi connectivity index (χ0v) is 7.66. The van der Waals surface area contributed by atoms with Crippen LogP contribution in [0.25, 0.3) is 0 Å². The molecule has 0 aromatic rings. The fourth-order valence-electron chi connectivity index (χ4n) is 0.997. The van der Waals surface area contributed by atoms with Crippen molar-refractivity contribution in [2.24, 2.45) is 5.73 Å². The fourth-order valence-corrected chi connectivity index (χ4v) is 0.997. The second kappa shape index (κ2) is 4.04. The predicted molar refractivity (Wildman–Crippen MR) is 45.4 cm³/mol. The van der Waals surface area contributed by atoms with E-state index < -0.39 is 11.5 Å². The second-order valence-electron chi connectivity index (χ2n) is 3.52. The highest BCUT2D eigenvalue weighted by molar-refractivity contribution is 5.77. The van der Waals surface area contributed by atoms with Crippen LogP contribution in [0.15, 0.2) is 0 Å². The van der Waals surface area contributed by atoms with Crippen molar-refractivity contribution < 1.29 is 19.4 Å². The van der Waals surface area contributed by atoms with Crippen LogP contribution >= 0.6 is 0 Å². The molecule has 0 spiro atoms. The minimum atomic E-state index is -1.30. The molecule has 5 nitrogen and oxygen atoms in total. The molecule has 0 radical (unpaired) electrons. The monoisotopic (exact) mass is 189 g/mol. The Morgan fingerprint density at radius 2 is 2.54 bits per heavy atom. The van der Waals surface area contributed by atoms with Crippen molar-refractivity contribution in [2.45, 2.75) is 25.0 Å². The third-order valence-corrected chi connectivity index (χ3v) is 2.00. The van der Waals surface area contributed by atoms with Crippen molar-refractivity contribution in [1.29, 1.82) is 0 Å². The Labute approximate surface area is 76.8 Å². The molecule has 1 aliphatic rings. The third kappa shape index (κ3) is 2.95. The van der Waals surface area contributed by atoms with Crippen LogP contribution in [0.5, 0.6) is 0 Å². The van der Waals surface area contributed by atoms with Gasteiger partial charge in [-0.05, 0) is 13.3 Å². The van der Waals surface area contributed by atoms with Crippen LogP contribution in [0, 0.1) is 0 Å². The highest BCUT2D eigenvalue weighted by Gasteiger charge is 2.30. The van der Waals surface area contributed by atoms with Gasteiger partial charge in [-0.25, -0.2) is 0 Å². The molecule has 0 aromatic carbocycles. The molecule has 5 heteroatoms. The summed E-state index contributed by atoms with van der Waals surface area (Å²) < 4.78 is 10.4. The minimum Gasteiger partial charge on any atom is -0.480 e. The van der Waals surface area contributed by atoms with Crippen molar-refractivity contribution in [1.82, 2.24) is 0 Å². The van der Waals surface area contributed by atoms with Crippen LogP contribution in [-0.4, -0.2) is 42.5 Å². The fraction of sp³-hybridized carbons (Fsp3) is 0.875. The molecule has 1 fully saturated rings. The first-order valence-electron chi connectivity index (χ1n) is 4.24. The van der Waals surface area contributed by atoms with Crippen molar-refractivity contribution in [2.75, 3.05) is 19.8 Å². The van der Waals surface area contributed by atoms with E-state index in [4.69, 9.17) is 20.3 Å². The lowest BCUT2D eigenvalue weighted by Crippen LogP contribution is -2.49. The summed E-state index contributed by atoms with van der Waals surface area (Å²) in [5.74, 6) is -1.05. The van der Waals surface area contributed by atoms with E-state index in [2.05, 4.69) is 0 Å². The van der Waals surface area contributed by atoms with Gasteiger partial charge in [-0.15, -0.1) is 0 Å². The Kier molecular flexibility index (Phi) is 3.24. The van der Waals surface area contributed by atoms with E-state index in [0.29, 0.717) is 13.2 Å². The average molecular weight is 189 g/mol. The van der Waals surface area contributed by atoms with Gasteiger partial charge in [-0.1, -0.05) is 0 Å². The van der Waals surface area contributed by atoms with E-state index >= 15 is 0 Å². The Balaban J connectivity index is 2.28. The SMILES string of the molecule is CC(N)(COC1CCOC1)C(=O)O. The Hall–Kier alpha value is -0.650. The molecular weight excluding hydrogens is 174 g/mol. The van der Waals surface area contributed by atoms with Gasteiger partial charge in [0.25, 0.3) is 0 Å². The molecule has 76 valence electrons. The van der Waals surface area contributed by atoms with Crippen LogP contribution in [0.1, 0.15) is 13.3 Å². The lowest BCUT2D eigenvalue weighted by atomic mass is 10.1. The first-order chi connectivity index (χ1) is 6.02. The highest BCUT2D eigenvalue weighted by atomic mass is 16.5. The van der Waals surface area contributed by atoms with E-state index in [-0.39, 0.29) is 12.7 Å². The normalized spacial score (nSPS) is 27.1. The molecule has 3 N–H and O–H groups in total. The molecule has 1 saturated heterocycles. The molecule has 0 bridgehead atoms. The maximum atomic E-state index is 10.6. The van der Waals surface area contributed by atoms with Crippen molar-refractivity contribution in [3.8, 4) is 0 Å². The van der Waals surface area contributed by atoms with E-state index in [1.54, 1.807) is 0 Å². The van der Waals surface area contributed by atoms with E-state index in [1.165, 1.54) is 6.92 Å². The molecule has 13 heavy (non-hydrogen) atoms. The van der Waals surface area contributed by atoms with Crippen LogP contribution in [0.3, 0.4) is 0 Å². The number of rotatable bonds is 4. The van der Waals surface area contributed by atoms with Gasteiger partial charge in [0, 0.05) is 6.61 Å². The summed E-state index contributed by atoms with van der Waals surface area (Å²) >= 11 is 0. The number of carboxylic acid groups (broad SMARTS) is 1. The van der Waals surface area contributed by atoms with Crippen molar-refractivity contribution in [3.05, 3.63) is 0 Å². The molecule has 0 aromatic heterocycles. The number of ether oxygens (including phenoxy) is 2. The number of carbonyl (C=O) groups is 1. The molecule has 1 rings (SSSR count). The molecule has 2 atom stereocenters. The zero-order chi connectivity index (χ0) is 9.90. The minimum absolute atomic E-state index is 0.00206. The van der Waals surface area contributed by atoms with E-state index in [0.717, 1.165) is 6.42 Å². The maximum Gasteiger partial charge on any atom is 0.325 e. The van der Waals surface area contributed by atoms with Gasteiger partial charge >= 0.3 is 5.97 Å². The summed E-state index contributed by atoms with van der Waals surface area (Å²) in [4.78, 5) is 10.6. The highest BCUT2D eigenvalue weighted by Crippen LogP contribution is 2.10. The molecule has 1 aliphatic heterocycles.